The van der Waals surface area contributed by atoms with Gasteiger partial charge in [0.15, 0.2) is 0 Å². The normalized spacial score (nSPS) is 17.6. The van der Waals surface area contributed by atoms with E-state index in [4.69, 9.17) is 16.3 Å². The first-order valence-electron chi connectivity index (χ1n) is 11.6. The SMILES string of the molecule is C=C(C)CC1(C(=O)OCC)CN(CC(=O)Nc2ccc(C(F)(F)F)cc2)N=C1c1ccc(C(F)(F)F)c(Cl)c1. The number of allylic oxidation sites excluding steroid dienone is 1. The minimum Gasteiger partial charge on any atom is -0.465 e. The van der Waals surface area contributed by atoms with Gasteiger partial charge in [-0.1, -0.05) is 23.2 Å². The summed E-state index contributed by atoms with van der Waals surface area (Å²) in [6.07, 6.45) is -9.23. The number of esters is 1. The summed E-state index contributed by atoms with van der Waals surface area (Å²) in [6.45, 7) is 6.50. The number of nitrogens with zero attached hydrogens (tertiary/aromatic N) is 2. The summed E-state index contributed by atoms with van der Waals surface area (Å²) in [7, 11) is 0. The highest BCUT2D eigenvalue weighted by Gasteiger charge is 2.51. The molecular weight excluding hydrogens is 552 g/mol. The van der Waals surface area contributed by atoms with Crippen LogP contribution in [0.4, 0.5) is 32.0 Å². The van der Waals surface area contributed by atoms with Crippen LogP contribution in [0.1, 0.15) is 37.0 Å². The highest BCUT2D eigenvalue weighted by atomic mass is 35.5. The number of halogens is 7. The van der Waals surface area contributed by atoms with Crippen LogP contribution in [0, 0.1) is 5.41 Å². The van der Waals surface area contributed by atoms with E-state index in [1.165, 1.54) is 5.01 Å². The topological polar surface area (TPSA) is 71.0 Å². The van der Waals surface area contributed by atoms with Gasteiger partial charge in [-0.3, -0.25) is 14.6 Å². The standard InChI is InChI=1S/C26H24ClF6N3O3/c1-4-39-23(38)24(12-15(2)3)14-36(13-21(37)34-18-8-6-17(7-9-18)25(28,29)30)35-22(24)16-5-10-19(20(27)11-16)26(31,32)33/h5-11H,2,4,12-14H2,1,3H3,(H,34,37). The lowest BCUT2D eigenvalue weighted by Gasteiger charge is -2.29. The number of hydrogen-bond donors (Lipinski definition) is 1. The maximum Gasteiger partial charge on any atom is 0.417 e. The Morgan fingerprint density at radius 2 is 1.74 bits per heavy atom. The fourth-order valence-corrected chi connectivity index (χ4v) is 4.53. The molecule has 1 aliphatic rings. The molecule has 2 aromatic rings. The number of ether oxygens (including phenoxy) is 1. The van der Waals surface area contributed by atoms with Gasteiger partial charge in [-0.15, -0.1) is 6.58 Å². The number of rotatable bonds is 8. The van der Waals surface area contributed by atoms with E-state index in [-0.39, 0.29) is 36.5 Å². The van der Waals surface area contributed by atoms with E-state index in [1.807, 2.05) is 0 Å². The molecule has 1 atom stereocenters. The van der Waals surface area contributed by atoms with Gasteiger partial charge in [0, 0.05) is 11.3 Å². The molecule has 1 heterocycles. The molecule has 1 unspecified atom stereocenters. The Morgan fingerprint density at radius 3 is 2.26 bits per heavy atom. The zero-order valence-electron chi connectivity index (χ0n) is 20.8. The number of carbonyl (C=O) groups excluding carboxylic acids is 2. The van der Waals surface area contributed by atoms with Gasteiger partial charge in [0.25, 0.3) is 0 Å². The average molecular weight is 576 g/mol. The van der Waals surface area contributed by atoms with Gasteiger partial charge in [0.1, 0.15) is 12.0 Å². The molecule has 2 aromatic carbocycles. The lowest BCUT2D eigenvalue weighted by molar-refractivity contribution is -0.151. The predicted octanol–water partition coefficient (Wildman–Crippen LogP) is 6.55. The molecule has 0 fully saturated rings. The molecule has 0 saturated heterocycles. The van der Waals surface area contributed by atoms with Crippen LogP contribution in [-0.4, -0.2) is 42.3 Å². The minimum atomic E-state index is -4.70. The molecule has 3 rings (SSSR count). The quantitative estimate of drug-likeness (QED) is 0.220. The zero-order chi connectivity index (χ0) is 29.2. The van der Waals surface area contributed by atoms with Crippen LogP contribution >= 0.6 is 11.6 Å². The van der Waals surface area contributed by atoms with Crippen molar-refractivity contribution in [3.63, 3.8) is 0 Å². The van der Waals surface area contributed by atoms with E-state index < -0.39 is 52.3 Å². The molecule has 210 valence electrons. The maximum atomic E-state index is 13.3. The van der Waals surface area contributed by atoms with Crippen molar-refractivity contribution in [1.29, 1.82) is 0 Å². The average Bonchev–Trinajstić information content (AvgIpc) is 3.16. The second-order valence-corrected chi connectivity index (χ2v) is 9.43. The Kier molecular flexibility index (Phi) is 8.69. The highest BCUT2D eigenvalue weighted by Crippen LogP contribution is 2.41. The smallest absolute Gasteiger partial charge is 0.417 e. The molecular formula is C26H24ClF6N3O3. The maximum absolute atomic E-state index is 13.3. The van der Waals surface area contributed by atoms with Crippen molar-refractivity contribution < 1.29 is 40.7 Å². The van der Waals surface area contributed by atoms with E-state index in [0.29, 0.717) is 5.57 Å². The van der Waals surface area contributed by atoms with Gasteiger partial charge in [0.05, 0.1) is 35.0 Å². The number of amides is 1. The summed E-state index contributed by atoms with van der Waals surface area (Å²) in [5.74, 6) is -1.37. The third kappa shape index (κ3) is 6.92. The predicted molar refractivity (Wildman–Crippen MR) is 133 cm³/mol. The third-order valence-electron chi connectivity index (χ3n) is 5.79. The highest BCUT2D eigenvalue weighted by molar-refractivity contribution is 6.32. The van der Waals surface area contributed by atoms with Crippen LogP contribution < -0.4 is 5.32 Å². The van der Waals surface area contributed by atoms with Crippen LogP contribution in [0.2, 0.25) is 5.02 Å². The van der Waals surface area contributed by atoms with Crippen molar-refractivity contribution in [1.82, 2.24) is 5.01 Å². The molecule has 39 heavy (non-hydrogen) atoms. The molecule has 0 bridgehead atoms. The number of hydrogen-bond acceptors (Lipinski definition) is 5. The van der Waals surface area contributed by atoms with E-state index in [1.54, 1.807) is 13.8 Å². The Balaban J connectivity index is 1.95. The van der Waals surface area contributed by atoms with E-state index in [0.717, 1.165) is 42.5 Å². The van der Waals surface area contributed by atoms with Crippen LogP contribution in [0.5, 0.6) is 0 Å². The summed E-state index contributed by atoms with van der Waals surface area (Å²) >= 11 is 5.93. The fraction of sp³-hybridized carbons (Fsp3) is 0.346. The number of nitrogens with one attached hydrogen (secondary N) is 1. The van der Waals surface area contributed by atoms with Crippen molar-refractivity contribution in [2.24, 2.45) is 10.5 Å². The van der Waals surface area contributed by atoms with Crippen LogP contribution in [0.3, 0.4) is 0 Å². The monoisotopic (exact) mass is 575 g/mol. The first-order chi connectivity index (χ1) is 18.1. The number of benzene rings is 2. The van der Waals surface area contributed by atoms with Crippen molar-refractivity contribution in [3.05, 3.63) is 76.3 Å². The Hall–Kier alpha value is -3.54. The van der Waals surface area contributed by atoms with Crippen LogP contribution in [0.25, 0.3) is 0 Å². The first kappa shape index (κ1) is 30.0. The second kappa shape index (κ2) is 11.3. The fourth-order valence-electron chi connectivity index (χ4n) is 4.24. The zero-order valence-corrected chi connectivity index (χ0v) is 21.6. The summed E-state index contributed by atoms with van der Waals surface area (Å²) in [4.78, 5) is 26.0. The number of carbonyl (C=O) groups is 2. The molecule has 1 N–H and O–H groups in total. The molecule has 0 saturated carbocycles. The third-order valence-corrected chi connectivity index (χ3v) is 6.10. The number of hydrazone groups is 1. The summed E-state index contributed by atoms with van der Waals surface area (Å²) in [6, 6.07) is 6.76. The van der Waals surface area contributed by atoms with Crippen LogP contribution in [0.15, 0.2) is 59.7 Å². The molecule has 0 aromatic heterocycles. The molecule has 13 heteroatoms. The van der Waals surface area contributed by atoms with Gasteiger partial charge in [-0.05, 0) is 56.7 Å². The summed E-state index contributed by atoms with van der Waals surface area (Å²) in [5, 5.41) is 7.48. The number of alkyl halides is 6. The molecule has 0 radical (unpaired) electrons. The number of anilines is 1. The molecule has 0 aliphatic carbocycles. The van der Waals surface area contributed by atoms with E-state index in [2.05, 4.69) is 17.0 Å². The second-order valence-electron chi connectivity index (χ2n) is 9.02. The van der Waals surface area contributed by atoms with Crippen molar-refractivity contribution in [2.75, 3.05) is 25.0 Å². The Bertz CT molecular complexity index is 1290. The summed E-state index contributed by atoms with van der Waals surface area (Å²) in [5.41, 5.74) is -2.66. The van der Waals surface area contributed by atoms with Gasteiger partial charge < -0.3 is 10.1 Å². The molecule has 6 nitrogen and oxygen atoms in total. The summed E-state index contributed by atoms with van der Waals surface area (Å²) < 4.78 is 83.5. The van der Waals surface area contributed by atoms with Gasteiger partial charge in [0.2, 0.25) is 5.91 Å². The Labute approximate surface area is 225 Å². The lowest BCUT2D eigenvalue weighted by Crippen LogP contribution is -2.44. The van der Waals surface area contributed by atoms with E-state index in [9.17, 15) is 35.9 Å². The minimum absolute atomic E-state index is 0.00618. The Morgan fingerprint density at radius 1 is 1.10 bits per heavy atom. The van der Waals surface area contributed by atoms with E-state index >= 15 is 0 Å². The molecule has 1 amide bonds. The first-order valence-corrected chi connectivity index (χ1v) is 11.9. The largest absolute Gasteiger partial charge is 0.465 e. The lowest BCUT2D eigenvalue weighted by atomic mass is 9.75. The molecule has 1 aliphatic heterocycles. The molecule has 0 spiro atoms. The van der Waals surface area contributed by atoms with Gasteiger partial charge >= 0.3 is 18.3 Å². The van der Waals surface area contributed by atoms with Gasteiger partial charge in [-0.2, -0.15) is 31.4 Å². The van der Waals surface area contributed by atoms with Crippen molar-refractivity contribution >= 4 is 34.9 Å². The van der Waals surface area contributed by atoms with Crippen LogP contribution in [-0.2, 0) is 26.7 Å². The van der Waals surface area contributed by atoms with Crippen molar-refractivity contribution in [3.8, 4) is 0 Å². The van der Waals surface area contributed by atoms with Crippen molar-refractivity contribution in [2.45, 2.75) is 32.6 Å². The van der Waals surface area contributed by atoms with Gasteiger partial charge in [-0.25, -0.2) is 0 Å².